The van der Waals surface area contributed by atoms with Crippen molar-refractivity contribution < 1.29 is 29.0 Å². The molecule has 10 heteroatoms. The van der Waals surface area contributed by atoms with Crippen molar-refractivity contribution in [2.24, 2.45) is 0 Å². The van der Waals surface area contributed by atoms with Gasteiger partial charge in [-0.2, -0.15) is 0 Å². The van der Waals surface area contributed by atoms with Crippen LogP contribution in [0.3, 0.4) is 0 Å². The van der Waals surface area contributed by atoms with Crippen LogP contribution in [0, 0.1) is 0 Å². The van der Waals surface area contributed by atoms with Gasteiger partial charge in [-0.25, -0.2) is 4.79 Å². The van der Waals surface area contributed by atoms with E-state index >= 15 is 0 Å². The number of aliphatic hydroxyl groups is 1. The van der Waals surface area contributed by atoms with Gasteiger partial charge in [-0.05, 0) is 104 Å². The molecule has 0 saturated heterocycles. The lowest BCUT2D eigenvalue weighted by Gasteiger charge is -2.41. The molecule has 2 amide bonds. The van der Waals surface area contributed by atoms with E-state index in [0.717, 1.165) is 55.8 Å². The first-order valence-corrected chi connectivity index (χ1v) is 16.9. The third kappa shape index (κ3) is 6.80. The number of rotatable bonds is 3. The molecule has 2 N–H and O–H groups in total. The van der Waals surface area contributed by atoms with Gasteiger partial charge in [0.2, 0.25) is 5.91 Å². The molecule has 3 aliphatic rings. The minimum absolute atomic E-state index is 0.261. The highest BCUT2D eigenvalue weighted by Gasteiger charge is 2.44. The molecular formula is C38H42ClN3O6. The predicted molar refractivity (Wildman–Crippen MR) is 186 cm³/mol. The van der Waals surface area contributed by atoms with E-state index < -0.39 is 23.9 Å². The molecule has 48 heavy (non-hydrogen) atoms. The van der Waals surface area contributed by atoms with Crippen molar-refractivity contribution >= 4 is 40.8 Å². The Morgan fingerprint density at radius 3 is 2.62 bits per heavy atom. The maximum Gasteiger partial charge on any atom is 0.337 e. The normalized spacial score (nSPS) is 23.5. The molecule has 2 bridgehead atoms. The maximum absolute atomic E-state index is 14.0. The number of fused-ring (bicyclic) bond motifs is 3. The molecule has 0 fully saturated rings. The van der Waals surface area contributed by atoms with Crippen LogP contribution in [-0.4, -0.2) is 68.2 Å². The van der Waals surface area contributed by atoms with Gasteiger partial charge in [-0.15, -0.1) is 0 Å². The average Bonchev–Trinajstić information content (AvgIpc) is 3.24. The van der Waals surface area contributed by atoms with Crippen molar-refractivity contribution in [1.29, 1.82) is 0 Å². The zero-order chi connectivity index (χ0) is 33.9. The lowest BCUT2D eigenvalue weighted by molar-refractivity contribution is -0.145. The molecule has 0 radical (unpaired) electrons. The van der Waals surface area contributed by atoms with Gasteiger partial charge in [-0.3, -0.25) is 9.59 Å². The highest BCUT2D eigenvalue weighted by atomic mass is 35.5. The number of nitrogens with one attached hydrogen (secondary N) is 1. The van der Waals surface area contributed by atoms with Crippen LogP contribution in [0.25, 0.3) is 0 Å². The van der Waals surface area contributed by atoms with Crippen molar-refractivity contribution in [1.82, 2.24) is 4.90 Å². The smallest absolute Gasteiger partial charge is 0.337 e. The SMILES string of the molecule is COC(=O)c1ccc(NC(=O)[C@]2(O)CC(=O)N(C)C/C=C/CCCCN3C[C@@]4(CCCc5cc(Cl)ccc54)COc4ccc2cc43)cc1. The number of carbonyl (C=O) groups excluding carboxylic acids is 3. The van der Waals surface area contributed by atoms with E-state index in [4.69, 9.17) is 21.1 Å². The van der Waals surface area contributed by atoms with Crippen molar-refractivity contribution in [3.05, 3.63) is 100 Å². The van der Waals surface area contributed by atoms with E-state index in [1.165, 1.54) is 35.3 Å². The minimum Gasteiger partial charge on any atom is -0.490 e. The first-order valence-electron chi connectivity index (χ1n) is 16.5. The van der Waals surface area contributed by atoms with Gasteiger partial charge in [0.15, 0.2) is 5.60 Å². The van der Waals surface area contributed by atoms with E-state index in [0.29, 0.717) is 36.7 Å². The summed E-state index contributed by atoms with van der Waals surface area (Å²) >= 11 is 6.41. The molecule has 2 atom stereocenters. The van der Waals surface area contributed by atoms with E-state index in [2.05, 4.69) is 28.4 Å². The van der Waals surface area contributed by atoms with Crippen LogP contribution >= 0.6 is 11.6 Å². The standard InChI is InChI=1S/C38H42ClN3O6/c1-41-19-6-4-3-5-7-20-42-24-37(18-8-9-27-21-29(39)13-16-31(27)37)25-48-33-17-12-28(22-32(33)42)38(46,23-34(41)43)36(45)40-30-14-10-26(11-15-30)35(44)47-2/h4,6,10-17,21-22,46H,3,5,7-9,18-20,23-25H2,1-2H3,(H,40,45)/b6-4+/t37-,38-/m0/s1. The summed E-state index contributed by atoms with van der Waals surface area (Å²) < 4.78 is 11.4. The second-order valence-electron chi connectivity index (χ2n) is 13.1. The maximum atomic E-state index is 14.0. The fraction of sp³-hybridized carbons (Fsp3) is 0.395. The van der Waals surface area contributed by atoms with Crippen molar-refractivity contribution in [3.63, 3.8) is 0 Å². The van der Waals surface area contributed by atoms with Crippen LogP contribution in [0.2, 0.25) is 5.02 Å². The number of hydrogen-bond donors (Lipinski definition) is 2. The molecule has 3 aromatic rings. The molecule has 2 aliphatic heterocycles. The first-order chi connectivity index (χ1) is 23.1. The lowest BCUT2D eigenvalue weighted by atomic mass is 9.70. The van der Waals surface area contributed by atoms with Gasteiger partial charge in [0.05, 0.1) is 31.4 Å². The highest BCUT2D eigenvalue weighted by Crippen LogP contribution is 2.45. The van der Waals surface area contributed by atoms with Crippen LogP contribution in [-0.2, 0) is 31.8 Å². The van der Waals surface area contributed by atoms with Gasteiger partial charge in [-0.1, -0.05) is 35.9 Å². The zero-order valence-corrected chi connectivity index (χ0v) is 28.2. The van der Waals surface area contributed by atoms with Crippen molar-refractivity contribution in [2.45, 2.75) is 56.0 Å². The average molecular weight is 672 g/mol. The number of carbonyl (C=O) groups is 3. The molecule has 0 saturated carbocycles. The molecule has 1 spiro atoms. The topological polar surface area (TPSA) is 108 Å². The second kappa shape index (κ2) is 14.0. The number of ether oxygens (including phenoxy) is 2. The summed E-state index contributed by atoms with van der Waals surface area (Å²) in [4.78, 5) is 43.3. The number of hydrogen-bond acceptors (Lipinski definition) is 7. The summed E-state index contributed by atoms with van der Waals surface area (Å²) in [6, 6.07) is 17.6. The Kier molecular flexibility index (Phi) is 9.80. The Morgan fingerprint density at radius 1 is 1.02 bits per heavy atom. The van der Waals surface area contributed by atoms with Gasteiger partial charge in [0.25, 0.3) is 5.91 Å². The van der Waals surface area contributed by atoms with Gasteiger partial charge >= 0.3 is 5.97 Å². The van der Waals surface area contributed by atoms with Gasteiger partial charge in [0.1, 0.15) is 5.75 Å². The highest BCUT2D eigenvalue weighted by molar-refractivity contribution is 6.30. The fourth-order valence-corrected chi connectivity index (χ4v) is 7.33. The molecule has 2 heterocycles. The Labute approximate surface area is 286 Å². The minimum atomic E-state index is -2.21. The number of methoxy groups -OCH3 is 1. The Hall–Kier alpha value is -4.34. The third-order valence-corrected chi connectivity index (χ3v) is 10.1. The van der Waals surface area contributed by atoms with Crippen LogP contribution in [0.5, 0.6) is 5.75 Å². The number of allylic oxidation sites excluding steroid dienone is 1. The number of aryl methyl sites for hydroxylation is 1. The first kappa shape index (κ1) is 33.6. The van der Waals surface area contributed by atoms with Gasteiger partial charge < -0.3 is 29.7 Å². The summed E-state index contributed by atoms with van der Waals surface area (Å²) in [7, 11) is 2.96. The summed E-state index contributed by atoms with van der Waals surface area (Å²) in [6.45, 7) is 2.31. The summed E-state index contributed by atoms with van der Waals surface area (Å²) in [5, 5.41) is 15.8. The molecule has 3 aromatic carbocycles. The number of anilines is 2. The van der Waals surface area contributed by atoms with E-state index in [-0.39, 0.29) is 16.9 Å². The van der Waals surface area contributed by atoms with E-state index in [9.17, 15) is 19.5 Å². The molecular weight excluding hydrogens is 630 g/mol. The number of benzene rings is 3. The fourth-order valence-electron chi connectivity index (χ4n) is 7.13. The van der Waals surface area contributed by atoms with Crippen LogP contribution < -0.4 is 15.0 Å². The summed E-state index contributed by atoms with van der Waals surface area (Å²) in [6.07, 6.45) is 9.30. The van der Waals surface area contributed by atoms with Crippen LogP contribution in [0.1, 0.15) is 65.6 Å². The molecule has 0 aromatic heterocycles. The number of nitrogens with zero attached hydrogens (tertiary/aromatic N) is 2. The van der Waals surface area contributed by atoms with Gasteiger partial charge in [0, 0.05) is 42.8 Å². The molecule has 0 unspecified atom stereocenters. The lowest BCUT2D eigenvalue weighted by Crippen LogP contribution is -2.46. The van der Waals surface area contributed by atoms with Crippen LogP contribution in [0.15, 0.2) is 72.8 Å². The monoisotopic (exact) mass is 671 g/mol. The Bertz CT molecular complexity index is 1730. The number of likely N-dealkylation sites (N-methyl/N-ethyl adjacent to an activating group) is 1. The van der Waals surface area contributed by atoms with Crippen molar-refractivity contribution in [2.75, 3.05) is 50.6 Å². The second-order valence-corrected chi connectivity index (χ2v) is 13.6. The largest absolute Gasteiger partial charge is 0.490 e. The molecule has 9 nitrogen and oxygen atoms in total. The molecule has 1 aliphatic carbocycles. The number of halogens is 1. The quantitative estimate of drug-likeness (QED) is 0.259. The molecule has 252 valence electrons. The summed E-state index contributed by atoms with van der Waals surface area (Å²) in [5.41, 5.74) is 1.79. The predicted octanol–water partition coefficient (Wildman–Crippen LogP) is 6.01. The summed E-state index contributed by atoms with van der Waals surface area (Å²) in [5.74, 6) is -0.973. The molecule has 6 rings (SSSR count). The van der Waals surface area contributed by atoms with Crippen molar-refractivity contribution in [3.8, 4) is 5.75 Å². The van der Waals surface area contributed by atoms with Crippen LogP contribution in [0.4, 0.5) is 11.4 Å². The third-order valence-electron chi connectivity index (χ3n) is 9.88. The van der Waals surface area contributed by atoms with E-state index in [1.807, 2.05) is 18.2 Å². The van der Waals surface area contributed by atoms with E-state index in [1.54, 1.807) is 31.3 Å². The number of esters is 1. The Balaban J connectivity index is 1.40. The number of amides is 2. The Morgan fingerprint density at radius 2 is 1.83 bits per heavy atom. The zero-order valence-electron chi connectivity index (χ0n) is 27.5.